The van der Waals surface area contributed by atoms with E-state index < -0.39 is 0 Å². The van der Waals surface area contributed by atoms with E-state index in [4.69, 9.17) is 4.52 Å². The third-order valence-corrected chi connectivity index (χ3v) is 3.41. The molecule has 2 bridgehead atoms. The van der Waals surface area contributed by atoms with E-state index in [0.29, 0.717) is 12.0 Å². The number of nitrogens with zero attached hydrogens (tertiary/aromatic N) is 1. The highest BCUT2D eigenvalue weighted by Gasteiger charge is 2.44. The van der Waals surface area contributed by atoms with Crippen molar-refractivity contribution in [2.75, 3.05) is 6.54 Å². The van der Waals surface area contributed by atoms with Gasteiger partial charge in [-0.25, -0.2) is 0 Å². The fourth-order valence-corrected chi connectivity index (χ4v) is 2.81. The van der Waals surface area contributed by atoms with Gasteiger partial charge in [0, 0.05) is 18.0 Å². The minimum absolute atomic E-state index is 0.598. The summed E-state index contributed by atoms with van der Waals surface area (Å²) in [6, 6.07) is 2.74. The lowest BCUT2D eigenvalue weighted by atomic mass is 9.95. The fourth-order valence-electron chi connectivity index (χ4n) is 2.81. The molecule has 1 aromatic rings. The number of hydrogen-bond acceptors (Lipinski definition) is 3. The van der Waals surface area contributed by atoms with Gasteiger partial charge in [-0.2, -0.15) is 0 Å². The highest BCUT2D eigenvalue weighted by molar-refractivity contribution is 5.18. The van der Waals surface area contributed by atoms with Crippen molar-refractivity contribution in [3.8, 4) is 0 Å². The summed E-state index contributed by atoms with van der Waals surface area (Å²) in [5.41, 5.74) is 1.00. The topological polar surface area (TPSA) is 38.1 Å². The minimum Gasteiger partial charge on any atom is -0.361 e. The molecule has 0 spiro atoms. The van der Waals surface area contributed by atoms with Crippen molar-refractivity contribution in [3.05, 3.63) is 17.5 Å². The molecule has 0 aromatic carbocycles. The maximum atomic E-state index is 5.34. The van der Waals surface area contributed by atoms with Crippen LogP contribution in [0.3, 0.4) is 0 Å². The number of aromatic nitrogens is 1. The second kappa shape index (κ2) is 2.58. The predicted molar refractivity (Wildman–Crippen MR) is 48.5 cm³/mol. The van der Waals surface area contributed by atoms with Crippen LogP contribution in [0.15, 0.2) is 10.6 Å². The average molecular weight is 178 g/mol. The van der Waals surface area contributed by atoms with Crippen molar-refractivity contribution in [2.24, 2.45) is 5.92 Å². The molecule has 2 fully saturated rings. The molecule has 3 nitrogen and oxygen atoms in total. The van der Waals surface area contributed by atoms with Crippen molar-refractivity contribution >= 4 is 0 Å². The van der Waals surface area contributed by atoms with Gasteiger partial charge < -0.3 is 9.84 Å². The summed E-state index contributed by atoms with van der Waals surface area (Å²) in [6.45, 7) is 3.15. The van der Waals surface area contributed by atoms with Gasteiger partial charge in [0.05, 0.1) is 5.69 Å². The molecule has 0 unspecified atom stereocenters. The molecule has 1 aromatic heterocycles. The molecule has 1 saturated heterocycles. The summed E-state index contributed by atoms with van der Waals surface area (Å²) in [5.74, 6) is 2.48. The maximum Gasteiger partial charge on any atom is 0.141 e. The van der Waals surface area contributed by atoms with E-state index in [2.05, 4.69) is 16.5 Å². The molecule has 0 radical (unpaired) electrons. The Kier molecular flexibility index (Phi) is 1.50. The lowest BCUT2D eigenvalue weighted by molar-refractivity contribution is 0.343. The van der Waals surface area contributed by atoms with Crippen molar-refractivity contribution < 1.29 is 4.52 Å². The molecule has 0 amide bonds. The summed E-state index contributed by atoms with van der Waals surface area (Å²) in [6.07, 6.45) is 2.65. The second-order valence-corrected chi connectivity index (χ2v) is 4.25. The van der Waals surface area contributed by atoms with Crippen molar-refractivity contribution in [1.82, 2.24) is 10.5 Å². The molecular weight excluding hydrogens is 164 g/mol. The highest BCUT2D eigenvalue weighted by Crippen LogP contribution is 2.43. The molecule has 3 rings (SSSR count). The first-order valence-electron chi connectivity index (χ1n) is 5.01. The van der Waals surface area contributed by atoms with Gasteiger partial charge in [-0.3, -0.25) is 0 Å². The van der Waals surface area contributed by atoms with E-state index in [-0.39, 0.29) is 0 Å². The maximum absolute atomic E-state index is 5.34. The Morgan fingerprint density at radius 2 is 2.46 bits per heavy atom. The fraction of sp³-hybridized carbons (Fsp3) is 0.700. The molecule has 13 heavy (non-hydrogen) atoms. The van der Waals surface area contributed by atoms with E-state index >= 15 is 0 Å². The number of fused-ring (bicyclic) bond motifs is 2. The van der Waals surface area contributed by atoms with E-state index in [1.54, 1.807) is 0 Å². The van der Waals surface area contributed by atoms with Crippen molar-refractivity contribution in [1.29, 1.82) is 0 Å². The number of piperidine rings is 1. The van der Waals surface area contributed by atoms with Gasteiger partial charge >= 0.3 is 0 Å². The molecular formula is C10H14N2O. The van der Waals surface area contributed by atoms with Gasteiger partial charge in [-0.05, 0) is 32.2 Å². The Labute approximate surface area is 77.5 Å². The van der Waals surface area contributed by atoms with E-state index in [1.165, 1.54) is 12.8 Å². The van der Waals surface area contributed by atoms with Crippen LogP contribution in [0, 0.1) is 12.8 Å². The van der Waals surface area contributed by atoms with E-state index in [1.807, 2.05) is 6.92 Å². The first kappa shape index (κ1) is 7.56. The van der Waals surface area contributed by atoms with Gasteiger partial charge in [0.1, 0.15) is 5.76 Å². The summed E-state index contributed by atoms with van der Waals surface area (Å²) in [7, 11) is 0. The normalized spacial score (nSPS) is 37.2. The Morgan fingerprint density at radius 1 is 1.54 bits per heavy atom. The average Bonchev–Trinajstić information content (AvgIpc) is 2.78. The number of rotatable bonds is 1. The van der Waals surface area contributed by atoms with Crippen molar-refractivity contribution in [3.63, 3.8) is 0 Å². The molecule has 3 heteroatoms. The van der Waals surface area contributed by atoms with Gasteiger partial charge in [0.15, 0.2) is 0 Å². The van der Waals surface area contributed by atoms with Gasteiger partial charge in [-0.1, -0.05) is 5.16 Å². The summed E-state index contributed by atoms with van der Waals surface area (Å²) < 4.78 is 5.34. The van der Waals surface area contributed by atoms with E-state index in [0.717, 1.165) is 23.9 Å². The van der Waals surface area contributed by atoms with Gasteiger partial charge in [0.25, 0.3) is 0 Å². The summed E-state index contributed by atoms with van der Waals surface area (Å²) in [5, 5.41) is 7.48. The van der Waals surface area contributed by atoms with Crippen LogP contribution in [0.4, 0.5) is 0 Å². The third-order valence-electron chi connectivity index (χ3n) is 3.41. The van der Waals surface area contributed by atoms with Crippen LogP contribution in [0.1, 0.15) is 30.2 Å². The lowest BCUT2D eigenvalue weighted by Gasteiger charge is -2.09. The van der Waals surface area contributed by atoms with Crippen LogP contribution in [-0.4, -0.2) is 17.7 Å². The molecule has 3 atom stereocenters. The Morgan fingerprint density at radius 3 is 2.92 bits per heavy atom. The SMILES string of the molecule is Cc1cc([C@H]2[C@@H]3CC[C@@H]2NC3)on1. The smallest absolute Gasteiger partial charge is 0.141 e. The van der Waals surface area contributed by atoms with E-state index in [9.17, 15) is 0 Å². The van der Waals surface area contributed by atoms with Crippen molar-refractivity contribution in [2.45, 2.75) is 31.7 Å². The number of hydrogen-bond donors (Lipinski definition) is 1. The number of nitrogens with one attached hydrogen (secondary N) is 1. The quantitative estimate of drug-likeness (QED) is 0.707. The Bertz CT molecular complexity index is 300. The van der Waals surface area contributed by atoms with Crippen LogP contribution >= 0.6 is 0 Å². The zero-order valence-electron chi connectivity index (χ0n) is 7.79. The van der Waals surface area contributed by atoms with Gasteiger partial charge in [-0.15, -0.1) is 0 Å². The first-order chi connectivity index (χ1) is 6.34. The Hall–Kier alpha value is -0.830. The van der Waals surface area contributed by atoms with Crippen LogP contribution in [0.25, 0.3) is 0 Å². The van der Waals surface area contributed by atoms with Crippen LogP contribution in [0.2, 0.25) is 0 Å². The van der Waals surface area contributed by atoms with Crippen LogP contribution < -0.4 is 5.32 Å². The standard InChI is InChI=1S/C10H14N2O/c1-6-4-9(13-12-6)10-7-2-3-8(10)11-5-7/h4,7-8,10-11H,2-3,5H2,1H3/t7-,8+,10+/m1/s1. The number of aryl methyl sites for hydroxylation is 1. The second-order valence-electron chi connectivity index (χ2n) is 4.25. The summed E-state index contributed by atoms with van der Waals surface area (Å²) in [4.78, 5) is 0. The monoisotopic (exact) mass is 178 g/mol. The molecule has 2 heterocycles. The Balaban J connectivity index is 1.93. The predicted octanol–water partition coefficient (Wildman–Crippen LogP) is 1.45. The molecule has 1 saturated carbocycles. The molecule has 1 aliphatic carbocycles. The minimum atomic E-state index is 0.598. The molecule has 1 aliphatic heterocycles. The van der Waals surface area contributed by atoms with Crippen LogP contribution in [0.5, 0.6) is 0 Å². The highest BCUT2D eigenvalue weighted by atomic mass is 16.5. The third kappa shape index (κ3) is 1.03. The zero-order chi connectivity index (χ0) is 8.84. The molecule has 2 aliphatic rings. The largest absolute Gasteiger partial charge is 0.361 e. The molecule has 70 valence electrons. The first-order valence-corrected chi connectivity index (χ1v) is 5.01. The molecule has 1 N–H and O–H groups in total. The van der Waals surface area contributed by atoms with Gasteiger partial charge in [0.2, 0.25) is 0 Å². The lowest BCUT2D eigenvalue weighted by Crippen LogP contribution is -2.25. The van der Waals surface area contributed by atoms with Crippen LogP contribution in [-0.2, 0) is 0 Å². The zero-order valence-corrected chi connectivity index (χ0v) is 7.79. The summed E-state index contributed by atoms with van der Waals surface area (Å²) >= 11 is 0.